The van der Waals surface area contributed by atoms with Crippen LogP contribution in [-0.4, -0.2) is 36.3 Å². The van der Waals surface area contributed by atoms with Crippen LogP contribution in [0.5, 0.6) is 0 Å². The van der Waals surface area contributed by atoms with Crippen molar-refractivity contribution in [2.45, 2.75) is 0 Å². The summed E-state index contributed by atoms with van der Waals surface area (Å²) >= 11 is 0. The van der Waals surface area contributed by atoms with E-state index < -0.39 is 0 Å². The molecule has 0 aliphatic carbocycles. The van der Waals surface area contributed by atoms with Crippen molar-refractivity contribution in [3.63, 3.8) is 0 Å². The van der Waals surface area contributed by atoms with Crippen LogP contribution in [0.15, 0.2) is 78.9 Å². The SMILES string of the molecule is COCCNC(=O)Nc1ccc2nc(-c3ccccc3)c(-c3ccccc3)nc2c1. The quantitative estimate of drug-likeness (QED) is 0.460. The van der Waals surface area contributed by atoms with Gasteiger partial charge in [0, 0.05) is 30.5 Å². The number of amides is 2. The van der Waals surface area contributed by atoms with E-state index in [0.717, 1.165) is 28.0 Å². The molecule has 6 nitrogen and oxygen atoms in total. The third-order valence-corrected chi connectivity index (χ3v) is 4.61. The third kappa shape index (κ3) is 4.45. The Kier molecular flexibility index (Phi) is 5.96. The summed E-state index contributed by atoms with van der Waals surface area (Å²) in [6, 6.07) is 25.3. The molecule has 0 fully saturated rings. The smallest absolute Gasteiger partial charge is 0.319 e. The summed E-state index contributed by atoms with van der Waals surface area (Å²) in [7, 11) is 1.59. The van der Waals surface area contributed by atoms with Gasteiger partial charge in [-0.15, -0.1) is 0 Å². The normalized spacial score (nSPS) is 10.7. The number of benzene rings is 3. The van der Waals surface area contributed by atoms with Crippen molar-refractivity contribution >= 4 is 22.8 Å². The molecule has 2 N–H and O–H groups in total. The molecule has 0 aliphatic rings. The lowest BCUT2D eigenvalue weighted by Crippen LogP contribution is -2.31. The number of anilines is 1. The fraction of sp³-hybridized carbons (Fsp3) is 0.125. The fourth-order valence-electron chi connectivity index (χ4n) is 3.17. The van der Waals surface area contributed by atoms with Crippen LogP contribution in [0, 0.1) is 0 Å². The number of carbonyl (C=O) groups excluding carboxylic acids is 1. The van der Waals surface area contributed by atoms with Gasteiger partial charge in [0.15, 0.2) is 0 Å². The zero-order valence-corrected chi connectivity index (χ0v) is 16.6. The molecular formula is C24H22N4O2. The van der Waals surface area contributed by atoms with Crippen LogP contribution in [0.3, 0.4) is 0 Å². The number of aromatic nitrogens is 2. The molecule has 4 aromatic rings. The Morgan fingerprint density at radius 3 is 2.03 bits per heavy atom. The molecule has 0 aliphatic heterocycles. The molecule has 30 heavy (non-hydrogen) atoms. The molecule has 0 atom stereocenters. The van der Waals surface area contributed by atoms with Gasteiger partial charge in [0.1, 0.15) is 0 Å². The second kappa shape index (κ2) is 9.15. The summed E-state index contributed by atoms with van der Waals surface area (Å²) in [6.45, 7) is 0.896. The molecule has 6 heteroatoms. The first-order chi connectivity index (χ1) is 14.7. The van der Waals surface area contributed by atoms with Gasteiger partial charge in [0.05, 0.1) is 29.0 Å². The average Bonchev–Trinajstić information content (AvgIpc) is 2.79. The molecule has 2 amide bonds. The highest BCUT2D eigenvalue weighted by atomic mass is 16.5. The number of methoxy groups -OCH3 is 1. The highest BCUT2D eigenvalue weighted by Crippen LogP contribution is 2.31. The number of rotatable bonds is 6. The molecule has 0 saturated heterocycles. The van der Waals surface area contributed by atoms with Gasteiger partial charge in [-0.2, -0.15) is 0 Å². The Labute approximate surface area is 175 Å². The van der Waals surface area contributed by atoms with Crippen molar-refractivity contribution in [2.24, 2.45) is 0 Å². The Hall–Kier alpha value is -3.77. The van der Waals surface area contributed by atoms with E-state index >= 15 is 0 Å². The van der Waals surface area contributed by atoms with E-state index in [0.29, 0.717) is 24.4 Å². The maximum atomic E-state index is 12.0. The standard InChI is InChI=1S/C24H22N4O2/c1-30-15-14-25-24(29)26-19-12-13-20-21(16-19)28-23(18-10-6-3-7-11-18)22(27-20)17-8-4-2-5-9-17/h2-13,16H,14-15H2,1H3,(H2,25,26,29). The van der Waals surface area contributed by atoms with Crippen molar-refractivity contribution in [1.82, 2.24) is 15.3 Å². The van der Waals surface area contributed by atoms with Crippen molar-refractivity contribution in [2.75, 3.05) is 25.6 Å². The molecule has 1 aromatic heterocycles. The highest BCUT2D eigenvalue weighted by Gasteiger charge is 2.13. The second-order valence-corrected chi connectivity index (χ2v) is 6.73. The van der Waals surface area contributed by atoms with Gasteiger partial charge in [-0.25, -0.2) is 14.8 Å². The van der Waals surface area contributed by atoms with Crippen LogP contribution in [0.25, 0.3) is 33.5 Å². The van der Waals surface area contributed by atoms with E-state index in [-0.39, 0.29) is 6.03 Å². The van der Waals surface area contributed by atoms with Gasteiger partial charge in [-0.3, -0.25) is 0 Å². The first kappa shape index (κ1) is 19.5. The predicted octanol–water partition coefficient (Wildman–Crippen LogP) is 4.73. The summed E-state index contributed by atoms with van der Waals surface area (Å²) < 4.78 is 4.94. The van der Waals surface area contributed by atoms with Crippen molar-refractivity contribution in [1.29, 1.82) is 0 Å². The van der Waals surface area contributed by atoms with E-state index in [9.17, 15) is 4.79 Å². The van der Waals surface area contributed by atoms with Gasteiger partial charge >= 0.3 is 6.03 Å². The number of carbonyl (C=O) groups is 1. The predicted molar refractivity (Wildman–Crippen MR) is 119 cm³/mol. The summed E-state index contributed by atoms with van der Waals surface area (Å²) in [5, 5.41) is 5.56. The summed E-state index contributed by atoms with van der Waals surface area (Å²) in [6.07, 6.45) is 0. The van der Waals surface area contributed by atoms with E-state index in [1.807, 2.05) is 78.9 Å². The Bertz CT molecular complexity index is 1150. The number of ether oxygens (including phenoxy) is 1. The molecule has 3 aromatic carbocycles. The lowest BCUT2D eigenvalue weighted by Gasteiger charge is -2.12. The summed E-state index contributed by atoms with van der Waals surface area (Å²) in [4.78, 5) is 21.8. The molecular weight excluding hydrogens is 376 g/mol. The van der Waals surface area contributed by atoms with E-state index in [1.165, 1.54) is 0 Å². The highest BCUT2D eigenvalue weighted by molar-refractivity contribution is 5.93. The largest absolute Gasteiger partial charge is 0.383 e. The zero-order valence-electron chi connectivity index (χ0n) is 16.6. The van der Waals surface area contributed by atoms with Gasteiger partial charge in [-0.1, -0.05) is 60.7 Å². The molecule has 150 valence electrons. The number of hydrogen-bond acceptors (Lipinski definition) is 4. The molecule has 0 unspecified atom stereocenters. The average molecular weight is 398 g/mol. The van der Waals surface area contributed by atoms with Gasteiger partial charge in [-0.05, 0) is 18.2 Å². The number of hydrogen-bond donors (Lipinski definition) is 2. The molecule has 4 rings (SSSR count). The van der Waals surface area contributed by atoms with Crippen LogP contribution in [0.2, 0.25) is 0 Å². The van der Waals surface area contributed by atoms with Crippen LogP contribution in [0.4, 0.5) is 10.5 Å². The van der Waals surface area contributed by atoms with Crippen LogP contribution >= 0.6 is 0 Å². The number of nitrogens with one attached hydrogen (secondary N) is 2. The van der Waals surface area contributed by atoms with E-state index in [2.05, 4.69) is 10.6 Å². The van der Waals surface area contributed by atoms with Gasteiger partial charge in [0.2, 0.25) is 0 Å². The lowest BCUT2D eigenvalue weighted by atomic mass is 10.0. The summed E-state index contributed by atoms with van der Waals surface area (Å²) in [5.41, 5.74) is 5.75. The van der Waals surface area contributed by atoms with Crippen molar-refractivity contribution < 1.29 is 9.53 Å². The molecule has 0 radical (unpaired) electrons. The minimum absolute atomic E-state index is 0.288. The monoisotopic (exact) mass is 398 g/mol. The maximum absolute atomic E-state index is 12.0. The second-order valence-electron chi connectivity index (χ2n) is 6.73. The first-order valence-electron chi connectivity index (χ1n) is 9.71. The van der Waals surface area contributed by atoms with E-state index in [4.69, 9.17) is 14.7 Å². The first-order valence-corrected chi connectivity index (χ1v) is 9.71. The number of urea groups is 1. The Morgan fingerprint density at radius 1 is 0.833 bits per heavy atom. The van der Waals surface area contributed by atoms with Gasteiger partial charge in [0.25, 0.3) is 0 Å². The number of fused-ring (bicyclic) bond motifs is 1. The van der Waals surface area contributed by atoms with Crippen molar-refractivity contribution in [3.05, 3.63) is 78.9 Å². The van der Waals surface area contributed by atoms with Crippen molar-refractivity contribution in [3.8, 4) is 22.5 Å². The third-order valence-electron chi connectivity index (χ3n) is 4.61. The maximum Gasteiger partial charge on any atom is 0.319 e. The molecule has 1 heterocycles. The molecule has 0 spiro atoms. The Balaban J connectivity index is 1.73. The minimum Gasteiger partial charge on any atom is -0.383 e. The van der Waals surface area contributed by atoms with Crippen LogP contribution in [0.1, 0.15) is 0 Å². The zero-order chi connectivity index (χ0) is 20.8. The number of nitrogens with zero attached hydrogens (tertiary/aromatic N) is 2. The molecule has 0 saturated carbocycles. The lowest BCUT2D eigenvalue weighted by molar-refractivity contribution is 0.198. The Morgan fingerprint density at radius 2 is 1.43 bits per heavy atom. The van der Waals surface area contributed by atoms with Crippen LogP contribution in [-0.2, 0) is 4.74 Å². The topological polar surface area (TPSA) is 76.1 Å². The van der Waals surface area contributed by atoms with Crippen LogP contribution < -0.4 is 10.6 Å². The fourth-order valence-corrected chi connectivity index (χ4v) is 3.17. The van der Waals surface area contributed by atoms with Gasteiger partial charge < -0.3 is 15.4 Å². The minimum atomic E-state index is -0.288. The summed E-state index contributed by atoms with van der Waals surface area (Å²) in [5.74, 6) is 0. The van der Waals surface area contributed by atoms with E-state index in [1.54, 1.807) is 7.11 Å². The molecule has 0 bridgehead atoms.